The molecule has 9 heteroatoms. The number of nitrogens with zero attached hydrogens (tertiary/aromatic N) is 2. The lowest BCUT2D eigenvalue weighted by Gasteiger charge is -2.43. The summed E-state index contributed by atoms with van der Waals surface area (Å²) in [4.78, 5) is 19.5. The Hall–Kier alpha value is -2.23. The lowest BCUT2D eigenvalue weighted by Crippen LogP contribution is -2.43. The van der Waals surface area contributed by atoms with Gasteiger partial charge in [-0.05, 0) is 55.2 Å². The molecule has 3 aliphatic carbocycles. The van der Waals surface area contributed by atoms with Gasteiger partial charge in [-0.2, -0.15) is 10.6 Å². The Morgan fingerprint density at radius 2 is 1.68 bits per heavy atom. The second-order valence-corrected chi connectivity index (χ2v) is 11.1. The molecule has 2 heterocycles. The largest absolute Gasteiger partial charge is 0.340 e. The van der Waals surface area contributed by atoms with Crippen LogP contribution < -0.4 is 5.32 Å². The highest BCUT2D eigenvalue weighted by Crippen LogP contribution is 2.53. The van der Waals surface area contributed by atoms with Crippen molar-refractivity contribution < 1.29 is 22.7 Å². The zero-order chi connectivity index (χ0) is 21.8. The van der Waals surface area contributed by atoms with Crippen molar-refractivity contribution in [2.75, 3.05) is 29.9 Å². The van der Waals surface area contributed by atoms with Crippen LogP contribution in [0.15, 0.2) is 24.4 Å². The first-order valence-electron chi connectivity index (χ1n) is 10.6. The first-order chi connectivity index (χ1) is 14.8. The maximum absolute atomic E-state index is 13.7. The number of hydrogen-bond donors (Lipinski definition) is 3. The third kappa shape index (κ3) is 3.79. The minimum Gasteiger partial charge on any atom is -0.340 e. The normalized spacial score (nSPS) is 25.1. The number of benzene rings is 1. The molecule has 2 aromatic rings. The summed E-state index contributed by atoms with van der Waals surface area (Å²) in [7, 11) is -2.58. The predicted molar refractivity (Wildman–Crippen MR) is 116 cm³/mol. The second kappa shape index (κ2) is 7.72. The van der Waals surface area contributed by atoms with Crippen LogP contribution in [0.2, 0.25) is 0 Å². The van der Waals surface area contributed by atoms with E-state index in [1.807, 2.05) is 0 Å². The summed E-state index contributed by atoms with van der Waals surface area (Å²) in [6.45, 7) is 0.637. The maximum Gasteiger partial charge on any atom is 0.255 e. The molecule has 1 aromatic heterocycles. The molecule has 6 nitrogen and oxygen atoms in total. The molecule has 0 unspecified atom stereocenters. The Morgan fingerprint density at radius 1 is 1.03 bits per heavy atom. The first kappa shape index (κ1) is 20.7. The highest BCUT2D eigenvalue weighted by atomic mass is 32.3. The number of amides is 1. The van der Waals surface area contributed by atoms with Crippen LogP contribution in [-0.4, -0.2) is 49.5 Å². The molecule has 1 saturated carbocycles. The van der Waals surface area contributed by atoms with Gasteiger partial charge in [0.15, 0.2) is 11.6 Å². The number of halogens is 2. The van der Waals surface area contributed by atoms with E-state index in [0.29, 0.717) is 30.2 Å². The number of anilines is 2. The maximum atomic E-state index is 13.7. The molecular weight excluding hydrogens is 424 g/mol. The van der Waals surface area contributed by atoms with Crippen molar-refractivity contribution in [3.8, 4) is 0 Å². The molecule has 1 amide bonds. The minimum atomic E-state index is -2.58. The number of fused-ring (bicyclic) bond motifs is 2. The number of rotatable bonds is 3. The summed E-state index contributed by atoms with van der Waals surface area (Å²) in [5.74, 6) is -0.391. The Morgan fingerprint density at radius 3 is 2.32 bits per heavy atom. The SMILES string of the molecule is O=C(c1cnc(Nc2ccc(F)c(F)c2)c2c1C1CCC2CC1)N1CCS(O)(O)CC1. The van der Waals surface area contributed by atoms with Gasteiger partial charge in [0.25, 0.3) is 5.91 Å². The first-order valence-corrected chi connectivity index (χ1v) is 12.5. The molecule has 1 aromatic carbocycles. The van der Waals surface area contributed by atoms with Crippen LogP contribution in [0.25, 0.3) is 0 Å². The van der Waals surface area contributed by atoms with E-state index in [1.165, 1.54) is 6.07 Å². The number of pyridine rings is 1. The van der Waals surface area contributed by atoms with Crippen molar-refractivity contribution in [1.29, 1.82) is 0 Å². The van der Waals surface area contributed by atoms with E-state index in [-0.39, 0.29) is 29.2 Å². The lowest BCUT2D eigenvalue weighted by atomic mass is 9.66. The zero-order valence-corrected chi connectivity index (χ0v) is 17.8. The molecule has 0 spiro atoms. The average Bonchev–Trinajstić information content (AvgIpc) is 2.77. The summed E-state index contributed by atoms with van der Waals surface area (Å²) in [6.07, 6.45) is 5.67. The summed E-state index contributed by atoms with van der Waals surface area (Å²) in [5, 5.41) is 3.14. The van der Waals surface area contributed by atoms with Crippen LogP contribution in [0.1, 0.15) is 59.0 Å². The van der Waals surface area contributed by atoms with E-state index < -0.39 is 22.2 Å². The van der Waals surface area contributed by atoms with Gasteiger partial charge in [-0.25, -0.2) is 13.8 Å². The van der Waals surface area contributed by atoms with E-state index in [9.17, 15) is 22.7 Å². The van der Waals surface area contributed by atoms with E-state index >= 15 is 0 Å². The third-order valence-electron chi connectivity index (χ3n) is 6.78. The van der Waals surface area contributed by atoms with Gasteiger partial charge in [0.2, 0.25) is 0 Å². The molecule has 1 saturated heterocycles. The molecule has 2 bridgehead atoms. The van der Waals surface area contributed by atoms with Crippen molar-refractivity contribution >= 4 is 28.0 Å². The van der Waals surface area contributed by atoms with E-state index in [1.54, 1.807) is 11.1 Å². The average molecular weight is 450 g/mol. The Balaban J connectivity index is 1.51. The molecule has 31 heavy (non-hydrogen) atoms. The molecule has 1 aliphatic heterocycles. The molecule has 0 atom stereocenters. The van der Waals surface area contributed by atoms with E-state index in [2.05, 4.69) is 10.3 Å². The Labute approximate surface area is 181 Å². The molecular formula is C22H25F2N3O3S. The molecule has 166 valence electrons. The van der Waals surface area contributed by atoms with Crippen molar-refractivity contribution in [2.45, 2.75) is 37.5 Å². The summed E-state index contributed by atoms with van der Waals surface area (Å²) in [5.41, 5.74) is 3.03. The topological polar surface area (TPSA) is 85.7 Å². The lowest BCUT2D eigenvalue weighted by molar-refractivity contribution is 0.0764. The standard InChI is InChI=1S/C22H25F2N3O3S/c23-17-6-5-15(11-18(17)24)26-21-20-14-3-1-13(2-4-14)19(20)16(12-25-21)22(28)27-7-9-31(29,30)10-8-27/h5-6,11-14,29-30H,1-4,7-10H2,(H,25,26). The number of carbonyl (C=O) groups excluding carboxylic acids is 1. The van der Waals surface area contributed by atoms with Gasteiger partial charge in [-0.1, -0.05) is 0 Å². The molecule has 4 aliphatic rings. The number of nitrogens with one attached hydrogen (secondary N) is 1. The van der Waals surface area contributed by atoms with Crippen LogP contribution in [0.4, 0.5) is 20.3 Å². The molecule has 0 radical (unpaired) electrons. The van der Waals surface area contributed by atoms with E-state index in [0.717, 1.165) is 48.9 Å². The van der Waals surface area contributed by atoms with Crippen molar-refractivity contribution in [3.05, 3.63) is 52.7 Å². The van der Waals surface area contributed by atoms with E-state index in [4.69, 9.17) is 0 Å². The van der Waals surface area contributed by atoms with Gasteiger partial charge in [0, 0.05) is 36.6 Å². The summed E-state index contributed by atoms with van der Waals surface area (Å²) >= 11 is 0. The number of carbonyl (C=O) groups is 1. The smallest absolute Gasteiger partial charge is 0.255 e. The fourth-order valence-corrected chi connectivity index (χ4v) is 6.38. The van der Waals surface area contributed by atoms with Gasteiger partial charge in [0.05, 0.1) is 17.1 Å². The van der Waals surface area contributed by atoms with Gasteiger partial charge >= 0.3 is 0 Å². The summed E-state index contributed by atoms with van der Waals surface area (Å²) < 4.78 is 46.7. The minimum absolute atomic E-state index is 0.120. The molecule has 3 N–H and O–H groups in total. The summed E-state index contributed by atoms with van der Waals surface area (Å²) in [6, 6.07) is 3.66. The number of hydrogen-bond acceptors (Lipinski definition) is 5. The fourth-order valence-electron chi connectivity index (χ4n) is 5.15. The highest BCUT2D eigenvalue weighted by Gasteiger charge is 2.39. The van der Waals surface area contributed by atoms with Crippen LogP contribution in [0.5, 0.6) is 0 Å². The zero-order valence-electron chi connectivity index (χ0n) is 17.0. The monoisotopic (exact) mass is 449 g/mol. The molecule has 6 rings (SSSR count). The number of aromatic nitrogens is 1. The van der Waals surface area contributed by atoms with Crippen LogP contribution in [0, 0.1) is 11.6 Å². The van der Waals surface area contributed by atoms with Gasteiger partial charge in [-0.3, -0.25) is 13.9 Å². The van der Waals surface area contributed by atoms with Crippen LogP contribution >= 0.6 is 10.6 Å². The second-order valence-electron chi connectivity index (χ2n) is 8.65. The van der Waals surface area contributed by atoms with Crippen LogP contribution in [-0.2, 0) is 0 Å². The third-order valence-corrected chi connectivity index (χ3v) is 8.45. The predicted octanol–water partition coefficient (Wildman–Crippen LogP) is 5.06. The fraction of sp³-hybridized carbons (Fsp3) is 0.455. The molecule has 2 fully saturated rings. The quantitative estimate of drug-likeness (QED) is 0.610. The van der Waals surface area contributed by atoms with Crippen molar-refractivity contribution in [1.82, 2.24) is 9.88 Å². The Kier molecular flexibility index (Phi) is 5.15. The van der Waals surface area contributed by atoms with Gasteiger partial charge < -0.3 is 10.2 Å². The Bertz CT molecular complexity index is 1030. The van der Waals surface area contributed by atoms with Gasteiger partial charge in [-0.15, -0.1) is 0 Å². The van der Waals surface area contributed by atoms with Crippen molar-refractivity contribution in [3.63, 3.8) is 0 Å². The van der Waals surface area contributed by atoms with Crippen LogP contribution in [0.3, 0.4) is 0 Å². The highest BCUT2D eigenvalue weighted by molar-refractivity contribution is 8.24. The van der Waals surface area contributed by atoms with Gasteiger partial charge in [0.1, 0.15) is 5.82 Å². The van der Waals surface area contributed by atoms with Crippen molar-refractivity contribution in [2.24, 2.45) is 0 Å².